The smallest absolute Gasteiger partial charge is 0.338 e. The number of carbonyl (C=O) groups is 1. The lowest BCUT2D eigenvalue weighted by atomic mass is 10.1. The molecule has 0 bridgehead atoms. The molecule has 17 heavy (non-hydrogen) atoms. The van der Waals surface area contributed by atoms with Crippen molar-refractivity contribution in [1.82, 2.24) is 0 Å². The van der Waals surface area contributed by atoms with Crippen molar-refractivity contribution in [2.24, 2.45) is 0 Å². The summed E-state index contributed by atoms with van der Waals surface area (Å²) in [6.45, 7) is 0. The zero-order valence-corrected chi connectivity index (χ0v) is 8.91. The van der Waals surface area contributed by atoms with Gasteiger partial charge in [0.2, 0.25) is 0 Å². The standard InChI is InChI=1S/C11H8N2O4/c1-17-11(14)9-5-8(3-2-4-12)6-10(7-9)13(15)16/h2-3,5-7H,1H3. The van der Waals surface area contributed by atoms with Crippen LogP contribution in [0.2, 0.25) is 0 Å². The number of non-ortho nitro benzene ring substituents is 1. The van der Waals surface area contributed by atoms with Gasteiger partial charge in [-0.15, -0.1) is 0 Å². The van der Waals surface area contributed by atoms with E-state index in [9.17, 15) is 14.9 Å². The first kappa shape index (κ1) is 12.4. The summed E-state index contributed by atoms with van der Waals surface area (Å²) in [5, 5.41) is 19.0. The Labute approximate surface area is 96.9 Å². The largest absolute Gasteiger partial charge is 0.465 e. The maximum absolute atomic E-state index is 11.3. The highest BCUT2D eigenvalue weighted by Crippen LogP contribution is 2.19. The number of allylic oxidation sites excluding steroid dienone is 1. The third kappa shape index (κ3) is 3.14. The molecule has 6 heteroatoms. The van der Waals surface area contributed by atoms with E-state index < -0.39 is 10.9 Å². The molecule has 0 radical (unpaired) electrons. The number of esters is 1. The Hall–Kier alpha value is -2.68. The molecule has 0 heterocycles. The Kier molecular flexibility index (Phi) is 3.95. The van der Waals surface area contributed by atoms with Gasteiger partial charge in [-0.1, -0.05) is 0 Å². The Balaban J connectivity index is 3.29. The van der Waals surface area contributed by atoms with Gasteiger partial charge in [0.25, 0.3) is 5.69 Å². The van der Waals surface area contributed by atoms with E-state index in [1.54, 1.807) is 6.07 Å². The van der Waals surface area contributed by atoms with Crippen LogP contribution in [0.25, 0.3) is 6.08 Å². The highest BCUT2D eigenvalue weighted by molar-refractivity contribution is 5.91. The van der Waals surface area contributed by atoms with Gasteiger partial charge < -0.3 is 4.74 Å². The van der Waals surface area contributed by atoms with Crippen LogP contribution in [-0.4, -0.2) is 18.0 Å². The van der Waals surface area contributed by atoms with Crippen molar-refractivity contribution in [2.45, 2.75) is 0 Å². The van der Waals surface area contributed by atoms with E-state index in [2.05, 4.69) is 4.74 Å². The van der Waals surface area contributed by atoms with Gasteiger partial charge in [0.1, 0.15) is 0 Å². The van der Waals surface area contributed by atoms with E-state index in [1.165, 1.54) is 31.4 Å². The molecule has 1 aromatic rings. The number of nitro benzene ring substituents is 1. The summed E-state index contributed by atoms with van der Waals surface area (Å²) in [5.74, 6) is -0.666. The van der Waals surface area contributed by atoms with Crippen LogP contribution in [0.4, 0.5) is 5.69 Å². The van der Waals surface area contributed by atoms with Crippen molar-refractivity contribution in [3.05, 3.63) is 45.5 Å². The van der Waals surface area contributed by atoms with Crippen molar-refractivity contribution in [3.63, 3.8) is 0 Å². The summed E-state index contributed by atoms with van der Waals surface area (Å²) in [4.78, 5) is 21.3. The molecule has 1 rings (SSSR count). The number of ether oxygens (including phenoxy) is 1. The lowest BCUT2D eigenvalue weighted by Crippen LogP contribution is -2.02. The summed E-state index contributed by atoms with van der Waals surface area (Å²) < 4.78 is 4.48. The molecule has 1 aromatic carbocycles. The Morgan fingerprint density at radius 2 is 2.24 bits per heavy atom. The zero-order chi connectivity index (χ0) is 12.8. The predicted octanol–water partition coefficient (Wildman–Crippen LogP) is 1.92. The fourth-order valence-electron chi connectivity index (χ4n) is 1.21. The lowest BCUT2D eigenvalue weighted by Gasteiger charge is -2.01. The van der Waals surface area contributed by atoms with Crippen LogP contribution in [-0.2, 0) is 4.74 Å². The third-order valence-electron chi connectivity index (χ3n) is 1.92. The molecule has 0 aromatic heterocycles. The summed E-state index contributed by atoms with van der Waals surface area (Å²) in [7, 11) is 1.19. The Bertz CT molecular complexity index is 529. The molecular formula is C11H8N2O4. The number of nitrogens with zero attached hydrogens (tertiary/aromatic N) is 2. The number of hydrogen-bond acceptors (Lipinski definition) is 5. The zero-order valence-electron chi connectivity index (χ0n) is 8.91. The molecule has 0 spiro atoms. The predicted molar refractivity (Wildman–Crippen MR) is 59.1 cm³/mol. The number of benzene rings is 1. The minimum Gasteiger partial charge on any atom is -0.465 e. The van der Waals surface area contributed by atoms with Gasteiger partial charge in [-0.2, -0.15) is 5.26 Å². The van der Waals surface area contributed by atoms with E-state index >= 15 is 0 Å². The van der Waals surface area contributed by atoms with Gasteiger partial charge in [-0.3, -0.25) is 10.1 Å². The van der Waals surface area contributed by atoms with Crippen LogP contribution in [0, 0.1) is 21.4 Å². The molecule has 0 unspecified atom stereocenters. The topological polar surface area (TPSA) is 93.2 Å². The van der Waals surface area contributed by atoms with Crippen molar-refractivity contribution >= 4 is 17.7 Å². The molecule has 86 valence electrons. The van der Waals surface area contributed by atoms with Crippen LogP contribution < -0.4 is 0 Å². The van der Waals surface area contributed by atoms with Crippen molar-refractivity contribution in [2.75, 3.05) is 7.11 Å². The number of rotatable bonds is 3. The SMILES string of the molecule is COC(=O)c1cc(C=CC#N)cc([N+](=O)[O-])c1. The molecule has 0 saturated heterocycles. The molecule has 0 aliphatic carbocycles. The first-order valence-electron chi connectivity index (χ1n) is 4.52. The number of hydrogen-bond donors (Lipinski definition) is 0. The van der Waals surface area contributed by atoms with E-state index in [0.29, 0.717) is 5.56 Å². The van der Waals surface area contributed by atoms with Gasteiger partial charge in [0.05, 0.1) is 23.7 Å². The van der Waals surface area contributed by atoms with Gasteiger partial charge in [0.15, 0.2) is 0 Å². The quantitative estimate of drug-likeness (QED) is 0.343. The summed E-state index contributed by atoms with van der Waals surface area (Å²) in [6.07, 6.45) is 2.54. The molecule has 6 nitrogen and oxygen atoms in total. The first-order chi connectivity index (χ1) is 8.08. The van der Waals surface area contributed by atoms with Gasteiger partial charge in [0, 0.05) is 18.2 Å². The number of methoxy groups -OCH3 is 1. The van der Waals surface area contributed by atoms with E-state index in [0.717, 1.165) is 6.07 Å². The second-order valence-corrected chi connectivity index (χ2v) is 3.02. The second kappa shape index (κ2) is 5.42. The number of carbonyl (C=O) groups excluding carboxylic acids is 1. The van der Waals surface area contributed by atoms with Crippen LogP contribution in [0.15, 0.2) is 24.3 Å². The van der Waals surface area contributed by atoms with Gasteiger partial charge in [-0.05, 0) is 17.7 Å². The van der Waals surface area contributed by atoms with Crippen LogP contribution in [0.3, 0.4) is 0 Å². The summed E-state index contributed by atoms with van der Waals surface area (Å²) in [5.41, 5.74) is 0.228. The summed E-state index contributed by atoms with van der Waals surface area (Å²) >= 11 is 0. The Morgan fingerprint density at radius 3 is 2.76 bits per heavy atom. The van der Waals surface area contributed by atoms with Crippen LogP contribution >= 0.6 is 0 Å². The van der Waals surface area contributed by atoms with Crippen molar-refractivity contribution in [3.8, 4) is 6.07 Å². The lowest BCUT2D eigenvalue weighted by molar-refractivity contribution is -0.384. The molecule has 0 aliphatic heterocycles. The highest BCUT2D eigenvalue weighted by Gasteiger charge is 2.13. The molecule has 0 N–H and O–H groups in total. The van der Waals surface area contributed by atoms with Crippen LogP contribution in [0.5, 0.6) is 0 Å². The van der Waals surface area contributed by atoms with Crippen molar-refractivity contribution < 1.29 is 14.5 Å². The number of nitro groups is 1. The molecular weight excluding hydrogens is 224 g/mol. The van der Waals surface area contributed by atoms with E-state index in [1.807, 2.05) is 0 Å². The molecule has 0 amide bonds. The minimum absolute atomic E-state index is 0.0688. The summed E-state index contributed by atoms with van der Waals surface area (Å²) in [6, 6.07) is 5.56. The Morgan fingerprint density at radius 1 is 1.53 bits per heavy atom. The monoisotopic (exact) mass is 232 g/mol. The van der Waals surface area contributed by atoms with Gasteiger partial charge in [-0.25, -0.2) is 4.79 Å². The third-order valence-corrected chi connectivity index (χ3v) is 1.92. The second-order valence-electron chi connectivity index (χ2n) is 3.02. The minimum atomic E-state index is -0.666. The highest BCUT2D eigenvalue weighted by atomic mass is 16.6. The normalized spacial score (nSPS) is 9.88. The molecule has 0 aliphatic rings. The molecule has 0 atom stereocenters. The average Bonchev–Trinajstić information content (AvgIpc) is 2.34. The number of nitriles is 1. The molecule has 0 saturated carbocycles. The van der Waals surface area contributed by atoms with Gasteiger partial charge >= 0.3 is 5.97 Å². The fourth-order valence-corrected chi connectivity index (χ4v) is 1.21. The van der Waals surface area contributed by atoms with E-state index in [4.69, 9.17) is 5.26 Å². The maximum atomic E-state index is 11.3. The van der Waals surface area contributed by atoms with Crippen LogP contribution in [0.1, 0.15) is 15.9 Å². The average molecular weight is 232 g/mol. The van der Waals surface area contributed by atoms with Crippen molar-refractivity contribution in [1.29, 1.82) is 5.26 Å². The van der Waals surface area contributed by atoms with E-state index in [-0.39, 0.29) is 11.3 Å². The first-order valence-corrected chi connectivity index (χ1v) is 4.52. The fraction of sp³-hybridized carbons (Fsp3) is 0.0909. The maximum Gasteiger partial charge on any atom is 0.338 e. The molecule has 0 fully saturated rings.